The average molecular weight is 479 g/mol. The predicted molar refractivity (Wildman–Crippen MR) is 129 cm³/mol. The third kappa shape index (κ3) is 4.87. The number of rotatable bonds is 4. The zero-order chi connectivity index (χ0) is 22.1. The smallest absolute Gasteiger partial charge is 0.268 e. The molecule has 1 aliphatic heterocycles. The van der Waals surface area contributed by atoms with Crippen molar-refractivity contribution in [2.75, 3.05) is 5.01 Å². The summed E-state index contributed by atoms with van der Waals surface area (Å²) in [6.07, 6.45) is 4.41. The summed E-state index contributed by atoms with van der Waals surface area (Å²) in [7, 11) is 0. The highest BCUT2D eigenvalue weighted by Gasteiger charge is 2.40. The van der Waals surface area contributed by atoms with Crippen LogP contribution in [0, 0.1) is 11.8 Å². The van der Waals surface area contributed by atoms with Gasteiger partial charge in [-0.1, -0.05) is 73.6 Å². The van der Waals surface area contributed by atoms with E-state index in [1.165, 1.54) is 6.42 Å². The molecule has 1 aliphatic carbocycles. The van der Waals surface area contributed by atoms with E-state index >= 15 is 0 Å². The second-order valence-electron chi connectivity index (χ2n) is 8.65. The van der Waals surface area contributed by atoms with Gasteiger partial charge in [-0.2, -0.15) is 5.10 Å². The molecule has 1 saturated carbocycles. The molecule has 2 aliphatic rings. The molecular formula is C24H26Cl3N3O. The van der Waals surface area contributed by atoms with E-state index in [-0.39, 0.29) is 23.9 Å². The Hall–Kier alpha value is -1.75. The molecular weight excluding hydrogens is 453 g/mol. The van der Waals surface area contributed by atoms with Gasteiger partial charge in [0.15, 0.2) is 0 Å². The van der Waals surface area contributed by atoms with E-state index in [1.54, 1.807) is 12.1 Å². The Bertz CT molecular complexity index is 992. The van der Waals surface area contributed by atoms with Crippen molar-refractivity contribution in [1.29, 1.82) is 0 Å². The molecule has 1 amide bonds. The quantitative estimate of drug-likeness (QED) is 0.519. The summed E-state index contributed by atoms with van der Waals surface area (Å²) < 4.78 is 0. The fourth-order valence-corrected chi connectivity index (χ4v) is 5.29. The van der Waals surface area contributed by atoms with Crippen LogP contribution in [0.5, 0.6) is 0 Å². The van der Waals surface area contributed by atoms with Gasteiger partial charge in [0.05, 0.1) is 16.8 Å². The Morgan fingerprint density at radius 2 is 1.74 bits per heavy atom. The molecule has 1 N–H and O–H groups in total. The Morgan fingerprint density at radius 1 is 1.03 bits per heavy atom. The summed E-state index contributed by atoms with van der Waals surface area (Å²) >= 11 is 18.7. The lowest BCUT2D eigenvalue weighted by atomic mass is 9.86. The van der Waals surface area contributed by atoms with Gasteiger partial charge in [0.25, 0.3) is 5.91 Å². The fourth-order valence-electron chi connectivity index (χ4n) is 4.67. The molecule has 2 unspecified atom stereocenters. The zero-order valence-corrected chi connectivity index (χ0v) is 19.9. The van der Waals surface area contributed by atoms with Crippen LogP contribution < -0.4 is 10.3 Å². The molecule has 0 aromatic heterocycles. The van der Waals surface area contributed by atoms with Gasteiger partial charge >= 0.3 is 0 Å². The Labute approximate surface area is 198 Å². The summed E-state index contributed by atoms with van der Waals surface area (Å²) in [5, 5.41) is 11.5. The lowest BCUT2D eigenvalue weighted by Gasteiger charge is -2.28. The number of carbonyl (C=O) groups excluding carboxylic acids is 1. The van der Waals surface area contributed by atoms with Crippen molar-refractivity contribution in [3.8, 4) is 0 Å². The minimum absolute atomic E-state index is 0.0989. The molecule has 31 heavy (non-hydrogen) atoms. The van der Waals surface area contributed by atoms with Crippen molar-refractivity contribution in [2.45, 2.75) is 51.6 Å². The van der Waals surface area contributed by atoms with Crippen molar-refractivity contribution in [3.63, 3.8) is 0 Å². The number of anilines is 1. The van der Waals surface area contributed by atoms with Gasteiger partial charge in [-0.15, -0.1) is 0 Å². The molecule has 7 heteroatoms. The second-order valence-corrected chi connectivity index (χ2v) is 9.93. The number of hydrogen-bond acceptors (Lipinski definition) is 3. The van der Waals surface area contributed by atoms with E-state index in [1.807, 2.05) is 42.3 Å². The molecule has 1 fully saturated rings. The standard InChI is InChI=1S/C24H26Cl3N3O/c1-14-4-3-5-19(12-14)28-24(31)22-15(2)23(16-6-8-17(25)9-7-16)30(29-22)21-11-10-18(26)13-20(21)27/h6-11,13-15,19,23H,3-5,12H2,1-2H3,(H,28,31)/t14?,15-,19?,23+/m0/s1. The van der Waals surface area contributed by atoms with Crippen LogP contribution in [0.15, 0.2) is 47.6 Å². The molecule has 4 rings (SSSR count). The molecule has 164 valence electrons. The maximum absolute atomic E-state index is 13.2. The van der Waals surface area contributed by atoms with Crippen molar-refractivity contribution >= 4 is 52.1 Å². The van der Waals surface area contributed by atoms with Crippen LogP contribution in [0.25, 0.3) is 0 Å². The van der Waals surface area contributed by atoms with Crippen molar-refractivity contribution in [2.24, 2.45) is 16.9 Å². The van der Waals surface area contributed by atoms with Crippen LogP contribution in [0.4, 0.5) is 5.69 Å². The predicted octanol–water partition coefficient (Wildman–Crippen LogP) is 6.90. The monoisotopic (exact) mass is 477 g/mol. The Balaban J connectivity index is 1.67. The van der Waals surface area contributed by atoms with Crippen LogP contribution >= 0.6 is 34.8 Å². The molecule has 4 atom stereocenters. The van der Waals surface area contributed by atoms with Crippen molar-refractivity contribution in [3.05, 3.63) is 63.1 Å². The first-order valence-electron chi connectivity index (χ1n) is 10.7. The largest absolute Gasteiger partial charge is 0.348 e. The van der Waals surface area contributed by atoms with E-state index < -0.39 is 0 Å². The number of hydrogen-bond donors (Lipinski definition) is 1. The first-order chi connectivity index (χ1) is 14.8. The summed E-state index contributed by atoms with van der Waals surface area (Å²) in [6.45, 7) is 4.28. The summed E-state index contributed by atoms with van der Waals surface area (Å²) in [5.41, 5.74) is 2.25. The third-order valence-electron chi connectivity index (χ3n) is 6.26. The average Bonchev–Trinajstić information content (AvgIpc) is 3.06. The number of halogens is 3. The highest BCUT2D eigenvalue weighted by atomic mass is 35.5. The molecule has 0 bridgehead atoms. The fraction of sp³-hybridized carbons (Fsp3) is 0.417. The molecule has 0 radical (unpaired) electrons. The van der Waals surface area contributed by atoms with Crippen LogP contribution in [-0.4, -0.2) is 17.7 Å². The van der Waals surface area contributed by atoms with Gasteiger partial charge in [-0.05, 0) is 54.7 Å². The lowest BCUT2D eigenvalue weighted by molar-refractivity contribution is -0.116. The van der Waals surface area contributed by atoms with Crippen LogP contribution in [0.3, 0.4) is 0 Å². The maximum atomic E-state index is 13.2. The van der Waals surface area contributed by atoms with Gasteiger partial charge in [0.1, 0.15) is 5.71 Å². The van der Waals surface area contributed by atoms with E-state index in [0.29, 0.717) is 32.4 Å². The molecule has 0 spiro atoms. The second kappa shape index (κ2) is 9.40. The van der Waals surface area contributed by atoms with E-state index in [0.717, 1.165) is 24.8 Å². The Morgan fingerprint density at radius 3 is 2.42 bits per heavy atom. The highest BCUT2D eigenvalue weighted by molar-refractivity contribution is 6.41. The van der Waals surface area contributed by atoms with Gasteiger partial charge in [-0.3, -0.25) is 9.80 Å². The topological polar surface area (TPSA) is 44.7 Å². The van der Waals surface area contributed by atoms with Gasteiger partial charge in [0.2, 0.25) is 0 Å². The van der Waals surface area contributed by atoms with Gasteiger partial charge < -0.3 is 5.32 Å². The third-order valence-corrected chi connectivity index (χ3v) is 7.05. The van der Waals surface area contributed by atoms with Crippen molar-refractivity contribution in [1.82, 2.24) is 5.32 Å². The molecule has 0 saturated heterocycles. The molecule has 2 aromatic carbocycles. The Kier molecular flexibility index (Phi) is 6.80. The molecule has 4 nitrogen and oxygen atoms in total. The SMILES string of the molecule is CC1CCCC(NC(=O)C2=NN(c3ccc(Cl)cc3Cl)[C@@H](c3ccc(Cl)cc3)[C@H]2C)C1. The number of nitrogens with zero attached hydrogens (tertiary/aromatic N) is 2. The maximum Gasteiger partial charge on any atom is 0.268 e. The van der Waals surface area contributed by atoms with Crippen LogP contribution in [-0.2, 0) is 4.79 Å². The van der Waals surface area contributed by atoms with Crippen LogP contribution in [0.1, 0.15) is 51.1 Å². The summed E-state index contributed by atoms with van der Waals surface area (Å²) in [4.78, 5) is 13.2. The highest BCUT2D eigenvalue weighted by Crippen LogP contribution is 2.42. The first-order valence-corrected chi connectivity index (χ1v) is 11.9. The summed E-state index contributed by atoms with van der Waals surface area (Å²) in [6, 6.07) is 13.0. The van der Waals surface area contributed by atoms with E-state index in [2.05, 4.69) is 12.2 Å². The number of hydrazone groups is 1. The lowest BCUT2D eigenvalue weighted by Crippen LogP contribution is -2.43. The molecule has 1 heterocycles. The number of amides is 1. The van der Waals surface area contributed by atoms with Gasteiger partial charge in [0, 0.05) is 22.0 Å². The van der Waals surface area contributed by atoms with Gasteiger partial charge in [-0.25, -0.2) is 0 Å². The minimum atomic E-state index is -0.179. The summed E-state index contributed by atoms with van der Waals surface area (Å²) in [5.74, 6) is 0.403. The van der Waals surface area contributed by atoms with Crippen molar-refractivity contribution < 1.29 is 4.79 Å². The number of carbonyl (C=O) groups is 1. The van der Waals surface area contributed by atoms with E-state index in [9.17, 15) is 4.79 Å². The molecule has 2 aromatic rings. The zero-order valence-electron chi connectivity index (χ0n) is 17.6. The number of nitrogens with one attached hydrogen (secondary N) is 1. The van der Waals surface area contributed by atoms with E-state index in [4.69, 9.17) is 39.9 Å². The first kappa shape index (κ1) is 22.4. The normalized spacial score (nSPS) is 26.0. The number of benzene rings is 2. The minimum Gasteiger partial charge on any atom is -0.348 e. The van der Waals surface area contributed by atoms with Crippen LogP contribution in [0.2, 0.25) is 15.1 Å².